The summed E-state index contributed by atoms with van der Waals surface area (Å²) in [6.07, 6.45) is 18.6. The van der Waals surface area contributed by atoms with Gasteiger partial charge in [-0.05, 0) is 92.4 Å². The Morgan fingerprint density at radius 3 is 1.79 bits per heavy atom. The van der Waals surface area contributed by atoms with E-state index in [4.69, 9.17) is 18.0 Å². The summed E-state index contributed by atoms with van der Waals surface area (Å²) in [4.78, 5) is 11.6. The molecule has 1 saturated carbocycles. The third kappa shape index (κ3) is 14.0. The van der Waals surface area contributed by atoms with Gasteiger partial charge in [-0.2, -0.15) is 0 Å². The summed E-state index contributed by atoms with van der Waals surface area (Å²) in [6, 6.07) is 0. The van der Waals surface area contributed by atoms with E-state index in [0.29, 0.717) is 12.3 Å². The molecule has 47 heavy (non-hydrogen) atoms. The molecule has 0 aromatic rings. The van der Waals surface area contributed by atoms with Crippen molar-refractivity contribution in [3.8, 4) is 0 Å². The number of ether oxygens (including phenoxy) is 1. The SMILES string of the molecule is CCCCCC(C=C[C@@H]1[C@@H](CC=CCCCC(=O)OC)[C@@H](O[Si](C)(C)C(C)(C)C)C[C@H]1O[Si](C)(C)C(C)(C)C)O[Si](C)(C)C(C)(C)C. The highest BCUT2D eigenvalue weighted by Gasteiger charge is 2.50. The zero-order chi connectivity index (χ0) is 36.5. The van der Waals surface area contributed by atoms with Crippen LogP contribution in [-0.2, 0) is 22.8 Å². The van der Waals surface area contributed by atoms with Gasteiger partial charge in [-0.1, -0.05) is 113 Å². The number of esters is 1. The predicted molar refractivity (Wildman–Crippen MR) is 211 cm³/mol. The second-order valence-corrected chi connectivity index (χ2v) is 33.1. The molecule has 0 saturated heterocycles. The van der Waals surface area contributed by atoms with Crippen LogP contribution in [0.5, 0.6) is 0 Å². The second-order valence-electron chi connectivity index (χ2n) is 18.8. The standard InChI is InChI=1S/C39H78O5Si3/c1-18-19-22-25-31(42-45(12,13)37(2,3)4)28-29-33-32(26-23-20-21-24-27-36(40)41-11)34(43-46(14,15)38(5,6)7)30-35(33)44-47(16,17)39(8,9)10/h20,23,28-29,31-35H,18-19,21-22,24-27,30H2,1-17H3/t31?,32-,33-,34+,35-/m1/s1. The summed E-state index contributed by atoms with van der Waals surface area (Å²) >= 11 is 0. The van der Waals surface area contributed by atoms with Crippen molar-refractivity contribution in [3.63, 3.8) is 0 Å². The van der Waals surface area contributed by atoms with E-state index in [9.17, 15) is 4.79 Å². The predicted octanol–water partition coefficient (Wildman–Crippen LogP) is 12.2. The largest absolute Gasteiger partial charge is 0.469 e. The first kappa shape index (κ1) is 44.5. The lowest BCUT2D eigenvalue weighted by Crippen LogP contribution is -2.45. The molecule has 0 aliphatic heterocycles. The molecule has 1 fully saturated rings. The van der Waals surface area contributed by atoms with Gasteiger partial charge in [0.15, 0.2) is 25.0 Å². The van der Waals surface area contributed by atoms with Crippen LogP contribution in [0.1, 0.15) is 127 Å². The van der Waals surface area contributed by atoms with Gasteiger partial charge < -0.3 is 18.0 Å². The first-order valence-electron chi connectivity index (χ1n) is 18.7. The minimum Gasteiger partial charge on any atom is -0.469 e. The minimum absolute atomic E-state index is 0.115. The molecule has 276 valence electrons. The Bertz CT molecular complexity index is 998. The monoisotopic (exact) mass is 711 g/mol. The molecule has 0 heterocycles. The zero-order valence-corrected chi connectivity index (χ0v) is 37.1. The highest BCUT2D eigenvalue weighted by Crippen LogP contribution is 2.48. The molecule has 1 unspecified atom stereocenters. The van der Waals surface area contributed by atoms with Gasteiger partial charge in [0.1, 0.15) is 0 Å². The van der Waals surface area contributed by atoms with Gasteiger partial charge in [-0.3, -0.25) is 4.79 Å². The fraction of sp³-hybridized carbons (Fsp3) is 0.872. The molecule has 1 aliphatic rings. The van der Waals surface area contributed by atoms with Crippen molar-refractivity contribution in [1.82, 2.24) is 0 Å². The highest BCUT2D eigenvalue weighted by atomic mass is 28.4. The molecule has 0 aromatic heterocycles. The Kier molecular flexibility index (Phi) is 17.2. The first-order chi connectivity index (χ1) is 21.3. The number of unbranched alkanes of at least 4 members (excludes halogenated alkanes) is 3. The number of methoxy groups -OCH3 is 1. The average molecular weight is 711 g/mol. The fourth-order valence-electron chi connectivity index (χ4n) is 5.47. The van der Waals surface area contributed by atoms with E-state index >= 15 is 0 Å². The molecule has 1 aliphatic carbocycles. The normalized spacial score (nSPS) is 22.8. The number of rotatable bonds is 18. The lowest BCUT2D eigenvalue weighted by atomic mass is 9.89. The van der Waals surface area contributed by atoms with Gasteiger partial charge in [0.05, 0.1) is 25.4 Å². The van der Waals surface area contributed by atoms with Gasteiger partial charge in [-0.25, -0.2) is 0 Å². The molecule has 0 bridgehead atoms. The quantitative estimate of drug-likeness (QED) is 0.0613. The van der Waals surface area contributed by atoms with Crippen molar-refractivity contribution in [1.29, 1.82) is 0 Å². The van der Waals surface area contributed by atoms with Crippen LogP contribution < -0.4 is 0 Å². The molecule has 0 amide bonds. The number of hydrogen-bond donors (Lipinski definition) is 0. The Hall–Kier alpha value is -0.519. The average Bonchev–Trinajstić information content (AvgIpc) is 3.20. The molecule has 0 aromatic carbocycles. The summed E-state index contributed by atoms with van der Waals surface area (Å²) in [7, 11) is -4.56. The molecule has 1 rings (SSSR count). The van der Waals surface area contributed by atoms with Gasteiger partial charge in [-0.15, -0.1) is 0 Å². The van der Waals surface area contributed by atoms with Crippen LogP contribution in [0.2, 0.25) is 54.4 Å². The van der Waals surface area contributed by atoms with Gasteiger partial charge >= 0.3 is 5.97 Å². The molecular weight excluding hydrogens is 633 g/mol. The van der Waals surface area contributed by atoms with E-state index in [1.165, 1.54) is 26.4 Å². The minimum atomic E-state index is -2.04. The van der Waals surface area contributed by atoms with E-state index in [1.54, 1.807) is 0 Å². The molecule has 5 nitrogen and oxygen atoms in total. The van der Waals surface area contributed by atoms with Crippen molar-refractivity contribution < 1.29 is 22.8 Å². The van der Waals surface area contributed by atoms with Crippen LogP contribution in [0.25, 0.3) is 0 Å². The van der Waals surface area contributed by atoms with Crippen LogP contribution in [-0.4, -0.2) is 56.3 Å². The van der Waals surface area contributed by atoms with Crippen LogP contribution >= 0.6 is 0 Å². The topological polar surface area (TPSA) is 54.0 Å². The fourth-order valence-corrected chi connectivity index (χ4v) is 9.52. The maximum atomic E-state index is 11.6. The molecule has 0 radical (unpaired) electrons. The summed E-state index contributed by atoms with van der Waals surface area (Å²) in [5.74, 6) is 0.424. The lowest BCUT2D eigenvalue weighted by molar-refractivity contribution is -0.140. The molecule has 0 spiro atoms. The Morgan fingerprint density at radius 1 is 0.766 bits per heavy atom. The zero-order valence-electron chi connectivity index (χ0n) is 34.1. The van der Waals surface area contributed by atoms with Crippen LogP contribution in [0.4, 0.5) is 0 Å². The Morgan fingerprint density at radius 2 is 1.30 bits per heavy atom. The van der Waals surface area contributed by atoms with Crippen LogP contribution in [0, 0.1) is 11.8 Å². The molecule has 0 N–H and O–H groups in total. The second kappa shape index (κ2) is 18.1. The number of allylic oxidation sites excluding steroid dienone is 2. The summed E-state index contributed by atoms with van der Waals surface area (Å²) in [6.45, 7) is 37.6. The number of carbonyl (C=O) groups excluding carboxylic acids is 1. The van der Waals surface area contributed by atoms with E-state index in [1.807, 2.05) is 0 Å². The lowest BCUT2D eigenvalue weighted by Gasteiger charge is -2.40. The van der Waals surface area contributed by atoms with E-state index < -0.39 is 25.0 Å². The summed E-state index contributed by atoms with van der Waals surface area (Å²) < 4.78 is 26.5. The molecular formula is C39H78O5Si3. The van der Waals surface area contributed by atoms with E-state index in [0.717, 1.165) is 32.1 Å². The highest BCUT2D eigenvalue weighted by molar-refractivity contribution is 6.75. The van der Waals surface area contributed by atoms with E-state index in [-0.39, 0.29) is 45.3 Å². The van der Waals surface area contributed by atoms with Gasteiger partial charge in [0.2, 0.25) is 0 Å². The van der Waals surface area contributed by atoms with E-state index in [2.05, 4.69) is 133 Å². The number of hydrogen-bond acceptors (Lipinski definition) is 5. The smallest absolute Gasteiger partial charge is 0.305 e. The Balaban J connectivity index is 3.60. The number of carbonyl (C=O) groups is 1. The summed E-state index contributed by atoms with van der Waals surface area (Å²) in [5, 5.41) is 0.420. The van der Waals surface area contributed by atoms with Crippen molar-refractivity contribution in [2.24, 2.45) is 11.8 Å². The van der Waals surface area contributed by atoms with Crippen LogP contribution in [0.3, 0.4) is 0 Å². The third-order valence-corrected chi connectivity index (χ3v) is 25.3. The maximum Gasteiger partial charge on any atom is 0.305 e. The Labute approximate surface area is 295 Å². The molecule has 8 heteroatoms. The maximum absolute atomic E-state index is 11.6. The van der Waals surface area contributed by atoms with Crippen molar-refractivity contribution in [2.75, 3.05) is 7.11 Å². The van der Waals surface area contributed by atoms with Crippen molar-refractivity contribution in [2.45, 2.75) is 200 Å². The molecule has 5 atom stereocenters. The van der Waals surface area contributed by atoms with Gasteiger partial charge in [0.25, 0.3) is 0 Å². The third-order valence-electron chi connectivity index (χ3n) is 11.8. The van der Waals surface area contributed by atoms with Gasteiger partial charge in [0, 0.05) is 12.3 Å². The van der Waals surface area contributed by atoms with Crippen molar-refractivity contribution in [3.05, 3.63) is 24.3 Å². The van der Waals surface area contributed by atoms with Crippen LogP contribution in [0.15, 0.2) is 24.3 Å². The van der Waals surface area contributed by atoms with Crippen molar-refractivity contribution >= 4 is 30.9 Å². The summed E-state index contributed by atoms with van der Waals surface area (Å²) in [5.41, 5.74) is 0. The first-order valence-corrected chi connectivity index (χ1v) is 27.5.